The van der Waals surface area contributed by atoms with Crippen molar-refractivity contribution in [3.63, 3.8) is 0 Å². The first-order valence-corrected chi connectivity index (χ1v) is 25.3. The molecule has 332 valence electrons. The highest BCUT2D eigenvalue weighted by molar-refractivity contribution is 7.41. The van der Waals surface area contributed by atoms with Gasteiger partial charge in [-0.15, -0.1) is 0 Å². The van der Waals surface area contributed by atoms with Gasteiger partial charge >= 0.3 is 20.5 Å². The van der Waals surface area contributed by atoms with Gasteiger partial charge in [0.2, 0.25) is 0 Å². The zero-order valence-electron chi connectivity index (χ0n) is 37.0. The molecule has 0 amide bonds. The fourth-order valence-corrected chi connectivity index (χ4v) is 9.27. The SMILES string of the molecule is CCCCCCCCCCCCCCCC(=O)OCC(COP(OCCC#N)OCCC1CC2CCN1CC2)OC(=O)CCCCCCCCCCCCCCC. The summed E-state index contributed by atoms with van der Waals surface area (Å²) in [5.74, 6) is 0.263. The molecule has 3 unspecified atom stereocenters. The molecular weight excluding hydrogens is 735 g/mol. The normalized spacial score (nSPS) is 18.6. The number of nitriles is 1. The molecule has 0 N–H and O–H groups in total. The van der Waals surface area contributed by atoms with Crippen LogP contribution >= 0.6 is 8.60 Å². The van der Waals surface area contributed by atoms with Crippen LogP contribution in [-0.2, 0) is 32.6 Å². The maximum Gasteiger partial charge on any atom is 0.332 e. The van der Waals surface area contributed by atoms with Crippen LogP contribution in [0.3, 0.4) is 0 Å². The molecule has 0 aromatic carbocycles. The predicted molar refractivity (Wildman–Crippen MR) is 234 cm³/mol. The lowest BCUT2D eigenvalue weighted by Crippen LogP contribution is -2.48. The van der Waals surface area contributed by atoms with Crippen LogP contribution in [0.4, 0.5) is 0 Å². The zero-order valence-corrected chi connectivity index (χ0v) is 37.9. The molecule has 0 aromatic rings. The number of esters is 2. The average Bonchev–Trinajstić information content (AvgIpc) is 3.22. The standard InChI is InChI=1S/C47H87N2O7P/c1-3-5-7-9-11-13-15-17-19-21-23-25-27-30-46(50)52-41-45(56-47(51)31-28-26-24-22-20-18-16-14-12-10-8-6-4-2)42-55-57(53-38-29-35-48)54-39-34-44-40-43-32-36-49(44)37-33-43/h43-45H,3-34,36-42H2,1-2H3. The summed E-state index contributed by atoms with van der Waals surface area (Å²) in [7, 11) is -1.74. The van der Waals surface area contributed by atoms with Crippen LogP contribution in [0.15, 0.2) is 0 Å². The minimum atomic E-state index is -1.74. The topological polar surface area (TPSA) is 107 Å². The number of unbranched alkanes of at least 4 members (excludes halogenated alkanes) is 24. The lowest BCUT2D eigenvalue weighted by atomic mass is 9.82. The van der Waals surface area contributed by atoms with E-state index in [9.17, 15) is 9.59 Å². The number of nitrogens with zero attached hydrogens (tertiary/aromatic N) is 2. The number of carbonyl (C=O) groups excluding carboxylic acids is 2. The zero-order chi connectivity index (χ0) is 40.9. The van der Waals surface area contributed by atoms with Gasteiger partial charge in [0.1, 0.15) is 6.61 Å². The summed E-state index contributed by atoms with van der Waals surface area (Å²) in [5, 5.41) is 9.07. The molecule has 3 aliphatic heterocycles. The van der Waals surface area contributed by atoms with Crippen LogP contribution in [0.5, 0.6) is 0 Å². The Bertz CT molecular complexity index is 989. The lowest BCUT2D eigenvalue weighted by molar-refractivity contribution is -0.161. The van der Waals surface area contributed by atoms with Crippen LogP contribution in [0, 0.1) is 17.2 Å². The minimum absolute atomic E-state index is 0.00620. The molecule has 9 nitrogen and oxygen atoms in total. The van der Waals surface area contributed by atoms with E-state index in [0.717, 1.165) is 50.9 Å². The van der Waals surface area contributed by atoms with Crippen LogP contribution < -0.4 is 0 Å². The van der Waals surface area contributed by atoms with Crippen LogP contribution in [-0.4, -0.2) is 68.5 Å². The highest BCUT2D eigenvalue weighted by Gasteiger charge is 2.33. The third-order valence-electron chi connectivity index (χ3n) is 11.9. The maximum atomic E-state index is 13.0. The third-order valence-corrected chi connectivity index (χ3v) is 13.0. The number of carbonyl (C=O) groups is 2. The van der Waals surface area contributed by atoms with Gasteiger partial charge in [-0.25, -0.2) is 0 Å². The van der Waals surface area contributed by atoms with Crippen LogP contribution in [0.2, 0.25) is 0 Å². The van der Waals surface area contributed by atoms with Crippen molar-refractivity contribution in [3.8, 4) is 6.07 Å². The van der Waals surface area contributed by atoms with E-state index in [0.29, 0.717) is 25.5 Å². The fraction of sp³-hybridized carbons (Fsp3) is 0.936. The average molecular weight is 823 g/mol. The third kappa shape index (κ3) is 29.6. The van der Waals surface area contributed by atoms with Gasteiger partial charge in [0, 0.05) is 18.9 Å². The molecule has 3 aliphatic rings. The molecule has 0 radical (unpaired) electrons. The largest absolute Gasteiger partial charge is 0.462 e. The summed E-state index contributed by atoms with van der Waals surface area (Å²) < 4.78 is 29.5. The summed E-state index contributed by atoms with van der Waals surface area (Å²) in [4.78, 5) is 28.2. The lowest BCUT2D eigenvalue weighted by Gasteiger charge is -2.45. The van der Waals surface area contributed by atoms with Gasteiger partial charge in [0.05, 0.1) is 32.3 Å². The first-order valence-electron chi connectivity index (χ1n) is 24.2. The Balaban J connectivity index is 1.71. The number of hydrogen-bond donors (Lipinski definition) is 0. The number of ether oxygens (including phenoxy) is 2. The number of piperidine rings is 3. The summed E-state index contributed by atoms with van der Waals surface area (Å²) in [6, 6.07) is 2.64. The van der Waals surface area contributed by atoms with Gasteiger partial charge in [-0.3, -0.25) is 9.59 Å². The van der Waals surface area contributed by atoms with E-state index in [1.807, 2.05) is 0 Å². The predicted octanol–water partition coefficient (Wildman–Crippen LogP) is 13.5. The first-order chi connectivity index (χ1) is 28.0. The minimum Gasteiger partial charge on any atom is -0.462 e. The second-order valence-corrected chi connectivity index (χ2v) is 18.3. The van der Waals surface area contributed by atoms with Crippen molar-refractivity contribution in [3.05, 3.63) is 0 Å². The molecule has 3 atom stereocenters. The summed E-state index contributed by atoms with van der Waals surface area (Å²) in [5.41, 5.74) is 0. The molecule has 10 heteroatoms. The Labute approximate surface area is 351 Å². The van der Waals surface area contributed by atoms with E-state index < -0.39 is 14.7 Å². The Hall–Kier alpha value is -1.30. The number of rotatable bonds is 41. The van der Waals surface area contributed by atoms with Crippen LogP contribution in [0.1, 0.15) is 226 Å². The van der Waals surface area contributed by atoms with Gasteiger partial charge < -0.3 is 27.9 Å². The molecule has 0 aliphatic carbocycles. The smallest absolute Gasteiger partial charge is 0.332 e. The van der Waals surface area contributed by atoms with Crippen molar-refractivity contribution in [2.24, 2.45) is 5.92 Å². The van der Waals surface area contributed by atoms with E-state index in [2.05, 4.69) is 24.8 Å². The monoisotopic (exact) mass is 823 g/mol. The maximum absolute atomic E-state index is 13.0. The van der Waals surface area contributed by atoms with E-state index in [1.165, 1.54) is 161 Å². The van der Waals surface area contributed by atoms with Crippen molar-refractivity contribution in [1.82, 2.24) is 4.90 Å². The summed E-state index contributed by atoms with van der Waals surface area (Å²) in [6.45, 7) is 7.53. The van der Waals surface area contributed by atoms with Crippen molar-refractivity contribution >= 4 is 20.5 Å². The second kappa shape index (κ2) is 37.7. The van der Waals surface area contributed by atoms with Gasteiger partial charge in [-0.05, 0) is 57.5 Å². The second-order valence-electron chi connectivity index (χ2n) is 17.0. The molecule has 57 heavy (non-hydrogen) atoms. The summed E-state index contributed by atoms with van der Waals surface area (Å²) in [6.07, 6.45) is 37.4. The number of hydrogen-bond acceptors (Lipinski definition) is 9. The molecule has 0 saturated carbocycles. The van der Waals surface area contributed by atoms with E-state index in [4.69, 9.17) is 28.3 Å². The van der Waals surface area contributed by atoms with Crippen molar-refractivity contribution in [1.29, 1.82) is 5.26 Å². The molecule has 3 rings (SSSR count). The van der Waals surface area contributed by atoms with Gasteiger partial charge in [0.25, 0.3) is 0 Å². The molecule has 0 spiro atoms. The Morgan fingerprint density at radius 3 is 1.53 bits per heavy atom. The van der Waals surface area contributed by atoms with Crippen LogP contribution in [0.25, 0.3) is 0 Å². The Morgan fingerprint density at radius 2 is 1.07 bits per heavy atom. The molecular formula is C47H87N2O7P. The van der Waals surface area contributed by atoms with Gasteiger partial charge in [0.15, 0.2) is 6.10 Å². The Morgan fingerprint density at radius 1 is 0.614 bits per heavy atom. The molecule has 3 saturated heterocycles. The first kappa shape index (κ1) is 51.8. The Kier molecular flexibility index (Phi) is 34.3. The highest BCUT2D eigenvalue weighted by atomic mass is 31.2. The quantitative estimate of drug-likeness (QED) is 0.0338. The molecule has 2 bridgehead atoms. The highest BCUT2D eigenvalue weighted by Crippen LogP contribution is 2.41. The van der Waals surface area contributed by atoms with Crippen molar-refractivity contribution < 1.29 is 32.6 Å². The van der Waals surface area contributed by atoms with Gasteiger partial charge in [-0.1, -0.05) is 168 Å². The fourth-order valence-electron chi connectivity index (χ4n) is 8.27. The van der Waals surface area contributed by atoms with Gasteiger partial charge in [-0.2, -0.15) is 5.26 Å². The van der Waals surface area contributed by atoms with Crippen molar-refractivity contribution in [2.75, 3.05) is 39.5 Å². The van der Waals surface area contributed by atoms with E-state index in [-0.39, 0.29) is 38.2 Å². The van der Waals surface area contributed by atoms with Crippen molar-refractivity contribution in [2.45, 2.75) is 238 Å². The molecule has 3 heterocycles. The molecule has 3 fully saturated rings. The summed E-state index contributed by atoms with van der Waals surface area (Å²) >= 11 is 0. The molecule has 0 aromatic heterocycles. The van der Waals surface area contributed by atoms with E-state index >= 15 is 0 Å². The van der Waals surface area contributed by atoms with E-state index in [1.54, 1.807) is 0 Å². The number of fused-ring (bicyclic) bond motifs is 3.